The molecule has 1 aromatic heterocycles. The molecule has 0 spiro atoms. The molecule has 1 aromatic carbocycles. The second-order valence-electron chi connectivity index (χ2n) is 4.52. The van der Waals surface area contributed by atoms with Gasteiger partial charge in [0.15, 0.2) is 0 Å². The maximum atomic E-state index is 12.2. The van der Waals surface area contributed by atoms with Crippen LogP contribution in [0.25, 0.3) is 0 Å². The summed E-state index contributed by atoms with van der Waals surface area (Å²) < 4.78 is 41.4. The third-order valence-electron chi connectivity index (χ3n) is 2.79. The Bertz CT molecular complexity index is 780. The Labute approximate surface area is 122 Å². The van der Waals surface area contributed by atoms with Gasteiger partial charge in [0.1, 0.15) is 5.82 Å². The maximum Gasteiger partial charge on any atom is 0.294 e. The lowest BCUT2D eigenvalue weighted by Gasteiger charge is -1.98. The first-order valence-electron chi connectivity index (χ1n) is 6.01. The smallest absolute Gasteiger partial charge is 0.294 e. The molecule has 0 radical (unpaired) electrons. The lowest BCUT2D eigenvalue weighted by Crippen LogP contribution is -2.11. The van der Waals surface area contributed by atoms with E-state index in [-0.39, 0.29) is 10.5 Å². The van der Waals surface area contributed by atoms with Crippen molar-refractivity contribution in [3.05, 3.63) is 63.3 Å². The van der Waals surface area contributed by atoms with E-state index in [0.717, 1.165) is 41.1 Å². The number of aromatic amines is 1. The first-order valence-corrected chi connectivity index (χ1v) is 7.45. The average molecular weight is 313 g/mol. The van der Waals surface area contributed by atoms with E-state index in [2.05, 4.69) is 4.98 Å². The lowest BCUT2D eigenvalue weighted by molar-refractivity contribution is 0.483. The number of rotatable bonds is 1. The van der Waals surface area contributed by atoms with Crippen molar-refractivity contribution in [1.82, 2.24) is 4.98 Å². The van der Waals surface area contributed by atoms with Gasteiger partial charge in [-0.2, -0.15) is 8.42 Å². The van der Waals surface area contributed by atoms with Gasteiger partial charge in [0.25, 0.3) is 15.7 Å². The molecule has 0 saturated heterocycles. The summed E-state index contributed by atoms with van der Waals surface area (Å²) in [5.41, 5.74) is 2.82. The topological polar surface area (TPSA) is 87.2 Å². The first kappa shape index (κ1) is 17.1. The van der Waals surface area contributed by atoms with Gasteiger partial charge in [-0.05, 0) is 56.7 Å². The quantitative estimate of drug-likeness (QED) is 0.791. The van der Waals surface area contributed by atoms with Gasteiger partial charge in [0.2, 0.25) is 0 Å². The Hall–Kier alpha value is -1.99. The molecule has 0 saturated carbocycles. The normalized spacial score (nSPS) is 10.7. The van der Waals surface area contributed by atoms with Gasteiger partial charge in [0.05, 0.1) is 4.90 Å². The second kappa shape index (κ2) is 6.64. The van der Waals surface area contributed by atoms with Crippen LogP contribution in [0.5, 0.6) is 0 Å². The number of pyridine rings is 1. The van der Waals surface area contributed by atoms with Crippen LogP contribution in [0.4, 0.5) is 4.39 Å². The molecular weight excluding hydrogens is 297 g/mol. The predicted molar refractivity (Wildman–Crippen MR) is 77.5 cm³/mol. The molecular formula is C14H16FNO4S. The van der Waals surface area contributed by atoms with E-state index in [9.17, 15) is 17.6 Å². The van der Waals surface area contributed by atoms with E-state index in [1.807, 2.05) is 26.8 Å². The van der Waals surface area contributed by atoms with Crippen LogP contribution < -0.4 is 5.56 Å². The van der Waals surface area contributed by atoms with Crippen molar-refractivity contribution >= 4 is 10.1 Å². The van der Waals surface area contributed by atoms with E-state index < -0.39 is 15.9 Å². The van der Waals surface area contributed by atoms with Crippen molar-refractivity contribution in [3.8, 4) is 0 Å². The zero-order valence-electron chi connectivity index (χ0n) is 11.8. The van der Waals surface area contributed by atoms with Crippen molar-refractivity contribution in [2.45, 2.75) is 25.7 Å². The summed E-state index contributed by atoms with van der Waals surface area (Å²) >= 11 is 0. The van der Waals surface area contributed by atoms with Crippen molar-refractivity contribution in [1.29, 1.82) is 0 Å². The van der Waals surface area contributed by atoms with Crippen LogP contribution in [-0.2, 0) is 10.1 Å². The van der Waals surface area contributed by atoms with Crippen LogP contribution in [0.1, 0.15) is 16.8 Å². The van der Waals surface area contributed by atoms with Crippen LogP contribution in [0, 0.1) is 26.6 Å². The molecule has 1 heterocycles. The van der Waals surface area contributed by atoms with Crippen LogP contribution in [0.2, 0.25) is 0 Å². The highest BCUT2D eigenvalue weighted by Crippen LogP contribution is 2.08. The van der Waals surface area contributed by atoms with Gasteiger partial charge < -0.3 is 4.98 Å². The Morgan fingerprint density at radius 2 is 1.62 bits per heavy atom. The summed E-state index contributed by atoms with van der Waals surface area (Å²) in [5.74, 6) is -0.544. The van der Waals surface area contributed by atoms with Crippen molar-refractivity contribution in [2.24, 2.45) is 0 Å². The highest BCUT2D eigenvalue weighted by Gasteiger charge is 2.07. The Morgan fingerprint density at radius 1 is 1.10 bits per heavy atom. The third kappa shape index (κ3) is 5.13. The molecule has 5 nitrogen and oxygen atoms in total. The molecule has 0 unspecified atom stereocenters. The fourth-order valence-electron chi connectivity index (χ4n) is 1.53. The van der Waals surface area contributed by atoms with Gasteiger partial charge in [0, 0.05) is 11.3 Å². The third-order valence-corrected chi connectivity index (χ3v) is 3.66. The predicted octanol–water partition coefficient (Wildman–Crippen LogP) is 2.37. The Kier molecular flexibility index (Phi) is 5.40. The lowest BCUT2D eigenvalue weighted by atomic mass is 10.1. The summed E-state index contributed by atoms with van der Waals surface area (Å²) in [4.78, 5) is 13.4. The summed E-state index contributed by atoms with van der Waals surface area (Å²) in [6.07, 6.45) is 0. The van der Waals surface area contributed by atoms with E-state index in [1.54, 1.807) is 0 Å². The molecule has 0 aliphatic heterocycles. The second-order valence-corrected chi connectivity index (χ2v) is 5.94. The maximum absolute atomic E-state index is 12.2. The first-order chi connectivity index (χ1) is 9.61. The zero-order chi connectivity index (χ0) is 16.2. The average Bonchev–Trinajstić information content (AvgIpc) is 2.36. The zero-order valence-corrected chi connectivity index (χ0v) is 12.7. The monoisotopic (exact) mass is 313 g/mol. The van der Waals surface area contributed by atoms with E-state index in [0.29, 0.717) is 0 Å². The van der Waals surface area contributed by atoms with Crippen molar-refractivity contribution < 1.29 is 17.4 Å². The van der Waals surface area contributed by atoms with Crippen LogP contribution in [0.3, 0.4) is 0 Å². The standard InChI is InChI=1S/C8H11NO.C6H5FO3S/c1-5-4-6(2)9-8(10)7(5)3;7-5-1-3-6(4-2-5)11(8,9)10/h4H,1-3H3,(H,9,10);1-4H,(H,8,9,10). The molecule has 7 heteroatoms. The van der Waals surface area contributed by atoms with E-state index in [4.69, 9.17) is 4.55 Å². The molecule has 2 aromatic rings. The summed E-state index contributed by atoms with van der Waals surface area (Å²) in [5, 5.41) is 0. The number of aromatic nitrogens is 1. The number of halogens is 1. The van der Waals surface area contributed by atoms with Gasteiger partial charge in [-0.3, -0.25) is 9.35 Å². The number of hydrogen-bond acceptors (Lipinski definition) is 3. The molecule has 0 fully saturated rings. The van der Waals surface area contributed by atoms with Crippen LogP contribution in [-0.4, -0.2) is 18.0 Å². The number of benzene rings is 1. The largest absolute Gasteiger partial charge is 0.326 e. The van der Waals surface area contributed by atoms with Crippen molar-refractivity contribution in [3.63, 3.8) is 0 Å². The SMILES string of the molecule is Cc1cc(C)c(C)c(=O)[nH]1.O=S(=O)(O)c1ccc(F)cc1. The number of H-pyrrole nitrogens is 1. The van der Waals surface area contributed by atoms with Crippen LogP contribution >= 0.6 is 0 Å². The molecule has 0 amide bonds. The number of hydrogen-bond donors (Lipinski definition) is 2. The number of aryl methyl sites for hydroxylation is 2. The number of nitrogens with one attached hydrogen (secondary N) is 1. The summed E-state index contributed by atoms with van der Waals surface area (Å²) in [6.45, 7) is 5.65. The highest BCUT2D eigenvalue weighted by molar-refractivity contribution is 7.85. The minimum absolute atomic E-state index is 0.0255. The minimum atomic E-state index is -4.19. The Morgan fingerprint density at radius 3 is 2.05 bits per heavy atom. The van der Waals surface area contributed by atoms with Gasteiger partial charge in [-0.25, -0.2) is 4.39 Å². The molecule has 0 bridgehead atoms. The van der Waals surface area contributed by atoms with Crippen molar-refractivity contribution in [2.75, 3.05) is 0 Å². The highest BCUT2D eigenvalue weighted by atomic mass is 32.2. The summed E-state index contributed by atoms with van der Waals surface area (Å²) in [6, 6.07) is 5.87. The molecule has 21 heavy (non-hydrogen) atoms. The van der Waals surface area contributed by atoms with Crippen LogP contribution in [0.15, 0.2) is 40.0 Å². The van der Waals surface area contributed by atoms with E-state index in [1.165, 1.54) is 0 Å². The van der Waals surface area contributed by atoms with Gasteiger partial charge in [-0.15, -0.1) is 0 Å². The Balaban J connectivity index is 0.000000211. The molecule has 0 aliphatic carbocycles. The van der Waals surface area contributed by atoms with Gasteiger partial charge in [-0.1, -0.05) is 0 Å². The molecule has 2 N–H and O–H groups in total. The van der Waals surface area contributed by atoms with Gasteiger partial charge >= 0.3 is 0 Å². The fraction of sp³-hybridized carbons (Fsp3) is 0.214. The molecule has 2 rings (SSSR count). The minimum Gasteiger partial charge on any atom is -0.326 e. The fourth-order valence-corrected chi connectivity index (χ4v) is 2.01. The van der Waals surface area contributed by atoms with E-state index >= 15 is 0 Å². The molecule has 114 valence electrons. The summed E-state index contributed by atoms with van der Waals surface area (Å²) in [7, 11) is -4.19. The molecule has 0 aliphatic rings. The molecule has 0 atom stereocenters.